The number of imidazole rings is 1. The number of carboxylic acid groups (broad SMARTS) is 1. The van der Waals surface area contributed by atoms with E-state index < -0.39 is 42.5 Å². The molecule has 0 unspecified atom stereocenters. The number of anilines is 1. The van der Waals surface area contributed by atoms with Gasteiger partial charge in [-0.05, 0) is 61.8 Å². The third kappa shape index (κ3) is 6.13. The molecule has 1 saturated carbocycles. The van der Waals surface area contributed by atoms with E-state index in [9.17, 15) is 24.6 Å². The first-order valence-corrected chi connectivity index (χ1v) is 14.3. The molecule has 6 N–H and O–H groups in total. The summed E-state index contributed by atoms with van der Waals surface area (Å²) in [6, 6.07) is 5.71. The van der Waals surface area contributed by atoms with Crippen LogP contribution in [-0.4, -0.2) is 95.2 Å². The molecule has 3 aliphatic rings. The topological polar surface area (TPSA) is 215 Å². The average Bonchev–Trinajstić information content (AvgIpc) is 3.64. The Bertz CT molecular complexity index is 1640. The number of carboxylic acids is 1. The number of aliphatic hydroxyl groups is 2. The van der Waals surface area contributed by atoms with Gasteiger partial charge in [0, 0.05) is 25.6 Å². The summed E-state index contributed by atoms with van der Waals surface area (Å²) < 4.78 is 12.5. The molecule has 0 spiro atoms. The second-order valence-corrected chi connectivity index (χ2v) is 11.1. The number of hydrogen-bond acceptors (Lipinski definition) is 11. The van der Waals surface area contributed by atoms with Crippen LogP contribution in [-0.2, 0) is 9.53 Å². The molecule has 3 fully saturated rings. The number of aromatic carboxylic acids is 1. The number of likely N-dealkylation sites (tertiary alicyclic amines) is 1. The summed E-state index contributed by atoms with van der Waals surface area (Å²) in [6.45, 7) is 0.977. The Morgan fingerprint density at radius 3 is 2.48 bits per heavy atom. The number of fused-ring (bicyclic) bond motifs is 1. The summed E-state index contributed by atoms with van der Waals surface area (Å²) in [6.07, 6.45) is -0.647. The summed E-state index contributed by atoms with van der Waals surface area (Å²) >= 11 is 0. The van der Waals surface area contributed by atoms with Crippen molar-refractivity contribution in [2.45, 2.75) is 62.7 Å². The number of rotatable bonds is 6. The lowest BCUT2D eigenvalue weighted by molar-refractivity contribution is -0.137. The number of carbonyl (C=O) groups excluding carboxylic acids is 2. The van der Waals surface area contributed by atoms with E-state index in [-0.39, 0.29) is 46.1 Å². The van der Waals surface area contributed by atoms with Gasteiger partial charge in [0.25, 0.3) is 5.91 Å². The zero-order valence-electron chi connectivity index (χ0n) is 23.5. The third-order valence-electron chi connectivity index (χ3n) is 7.91. The molecule has 230 valence electrons. The molecule has 2 aromatic heterocycles. The van der Waals surface area contributed by atoms with Gasteiger partial charge in [0.05, 0.1) is 11.9 Å². The Morgan fingerprint density at radius 1 is 1.07 bits per heavy atom. The number of hydrogen-bond donors (Lipinski definition) is 5. The second-order valence-electron chi connectivity index (χ2n) is 11.1. The van der Waals surface area contributed by atoms with Gasteiger partial charge in [-0.25, -0.2) is 24.5 Å². The van der Waals surface area contributed by atoms with E-state index in [1.54, 1.807) is 4.90 Å². The fourth-order valence-electron chi connectivity index (χ4n) is 5.22. The van der Waals surface area contributed by atoms with E-state index in [2.05, 4.69) is 32.1 Å². The highest BCUT2D eigenvalue weighted by Gasteiger charge is 2.48. The van der Waals surface area contributed by atoms with Crippen molar-refractivity contribution in [2.75, 3.05) is 18.8 Å². The number of aromatic nitrogens is 4. The van der Waals surface area contributed by atoms with E-state index in [4.69, 9.17) is 20.3 Å². The molecule has 15 nitrogen and oxygen atoms in total. The number of amides is 2. The smallest absolute Gasteiger partial charge is 0.415 e. The minimum Gasteiger partial charge on any atom is -0.478 e. The fourth-order valence-corrected chi connectivity index (χ4v) is 5.22. The number of benzene rings is 1. The van der Waals surface area contributed by atoms with Gasteiger partial charge in [-0.3, -0.25) is 9.36 Å². The minimum atomic E-state index is -1.44. The second kappa shape index (κ2) is 12.1. The number of nitrogens with two attached hydrogens (primary N) is 1. The maximum Gasteiger partial charge on any atom is 0.415 e. The number of aliphatic hydroxyl groups excluding tert-OH is 2. The van der Waals surface area contributed by atoms with Gasteiger partial charge in [-0.1, -0.05) is 5.92 Å². The van der Waals surface area contributed by atoms with Crippen LogP contribution in [0.15, 0.2) is 30.6 Å². The lowest BCUT2D eigenvalue weighted by atomic mass is 9.94. The van der Waals surface area contributed by atoms with Crippen LogP contribution in [0.5, 0.6) is 5.75 Å². The molecule has 15 heteroatoms. The highest BCUT2D eigenvalue weighted by atomic mass is 16.6. The molecule has 1 aliphatic carbocycles. The zero-order chi connectivity index (χ0) is 31.0. The van der Waals surface area contributed by atoms with Crippen LogP contribution in [0.25, 0.3) is 11.2 Å². The van der Waals surface area contributed by atoms with Gasteiger partial charge < -0.3 is 40.7 Å². The van der Waals surface area contributed by atoms with E-state index in [1.807, 2.05) is 0 Å². The van der Waals surface area contributed by atoms with Gasteiger partial charge in [0.1, 0.15) is 23.5 Å². The number of carbonyl (C=O) groups is 3. The Morgan fingerprint density at radius 2 is 1.80 bits per heavy atom. The van der Waals surface area contributed by atoms with E-state index in [1.165, 1.54) is 35.2 Å². The van der Waals surface area contributed by atoms with Crippen LogP contribution in [0, 0.1) is 17.8 Å². The molecule has 2 aliphatic heterocycles. The van der Waals surface area contributed by atoms with Crippen molar-refractivity contribution in [1.82, 2.24) is 29.7 Å². The van der Waals surface area contributed by atoms with Crippen LogP contribution in [0.3, 0.4) is 0 Å². The fraction of sp³-hybridized carbons (Fsp3) is 0.448. The SMILES string of the molecule is Nc1nc(C#CCC2CCN(C(=O)Oc3ccc(C(=O)O)cc3)CC2)nc2c1ncn2[C@@H]1O[C@H](C(=O)NC2CC2)[C@@H](O)[C@H]1O. The Kier molecular flexibility index (Phi) is 8.04. The lowest BCUT2D eigenvalue weighted by Gasteiger charge is -2.30. The molecule has 0 radical (unpaired) electrons. The van der Waals surface area contributed by atoms with Gasteiger partial charge >= 0.3 is 12.1 Å². The van der Waals surface area contributed by atoms with Crippen LogP contribution in [0.4, 0.5) is 10.6 Å². The van der Waals surface area contributed by atoms with Gasteiger partial charge in [-0.2, -0.15) is 0 Å². The lowest BCUT2D eigenvalue weighted by Crippen LogP contribution is -2.43. The van der Waals surface area contributed by atoms with E-state index >= 15 is 0 Å². The summed E-state index contributed by atoms with van der Waals surface area (Å²) in [5.41, 5.74) is 6.73. The zero-order valence-corrected chi connectivity index (χ0v) is 23.5. The van der Waals surface area contributed by atoms with Crippen LogP contribution in [0.1, 0.15) is 54.5 Å². The number of nitrogens with zero attached hydrogens (tertiary/aromatic N) is 5. The van der Waals surface area contributed by atoms with Crippen molar-refractivity contribution in [3.8, 4) is 17.6 Å². The predicted molar refractivity (Wildman–Crippen MR) is 152 cm³/mol. The molecule has 1 aromatic carbocycles. The Balaban J connectivity index is 1.06. The summed E-state index contributed by atoms with van der Waals surface area (Å²) in [7, 11) is 0. The maximum absolute atomic E-state index is 12.5. The van der Waals surface area contributed by atoms with E-state index in [0.717, 1.165) is 12.8 Å². The molecule has 2 saturated heterocycles. The Hall–Kier alpha value is -4.78. The molecule has 4 atom stereocenters. The first-order valence-electron chi connectivity index (χ1n) is 14.3. The van der Waals surface area contributed by atoms with Crippen LogP contribution < -0.4 is 15.8 Å². The van der Waals surface area contributed by atoms with Gasteiger partial charge in [0.2, 0.25) is 5.82 Å². The van der Waals surface area contributed by atoms with Crippen LogP contribution in [0.2, 0.25) is 0 Å². The highest BCUT2D eigenvalue weighted by Crippen LogP contribution is 2.33. The minimum absolute atomic E-state index is 0.0677. The van der Waals surface area contributed by atoms with Crippen molar-refractivity contribution in [1.29, 1.82) is 0 Å². The molecular weight excluding hydrogens is 574 g/mol. The number of ether oxygens (including phenoxy) is 2. The van der Waals surface area contributed by atoms with Crippen LogP contribution >= 0.6 is 0 Å². The van der Waals surface area contributed by atoms with Crippen molar-refractivity contribution in [3.63, 3.8) is 0 Å². The normalized spacial score (nSPS) is 23.6. The molecule has 2 amide bonds. The largest absolute Gasteiger partial charge is 0.478 e. The number of piperidine rings is 1. The molecule has 0 bridgehead atoms. The van der Waals surface area contributed by atoms with Crippen molar-refractivity contribution >= 4 is 35.0 Å². The maximum atomic E-state index is 12.5. The summed E-state index contributed by atoms with van der Waals surface area (Å²) in [5.74, 6) is 5.20. The number of nitrogens with one attached hydrogen (secondary N) is 1. The van der Waals surface area contributed by atoms with Crippen molar-refractivity contribution in [3.05, 3.63) is 42.0 Å². The summed E-state index contributed by atoms with van der Waals surface area (Å²) in [5, 5.41) is 32.9. The third-order valence-corrected chi connectivity index (χ3v) is 7.91. The molecular formula is C29H31N7O8. The quantitative estimate of drug-likeness (QED) is 0.245. The first-order chi connectivity index (χ1) is 21.2. The summed E-state index contributed by atoms with van der Waals surface area (Å²) in [4.78, 5) is 50.5. The molecule has 44 heavy (non-hydrogen) atoms. The van der Waals surface area contributed by atoms with Crippen molar-refractivity contribution < 1.29 is 39.2 Å². The molecule has 3 aromatic rings. The highest BCUT2D eigenvalue weighted by molar-refractivity contribution is 5.87. The predicted octanol–water partition coefficient (Wildman–Crippen LogP) is 0.657. The first kappa shape index (κ1) is 29.3. The van der Waals surface area contributed by atoms with Crippen molar-refractivity contribution in [2.24, 2.45) is 5.92 Å². The molecule has 6 rings (SSSR count). The molecule has 4 heterocycles. The van der Waals surface area contributed by atoms with E-state index in [0.29, 0.717) is 32.4 Å². The average molecular weight is 606 g/mol. The standard InChI is InChI=1S/C29H31N7O8/c30-24-20-25(36(14-31-20)27-22(38)21(37)23(44-27)26(39)32-17-6-7-17)34-19(33-24)3-1-2-15-10-12-35(13-11-15)29(42)43-18-8-4-16(5-9-18)28(40)41/h4-5,8-9,14-15,17,21-23,27,37-38H,2,6-7,10-13H2,(H,32,39)(H,40,41)(H2,30,33,34)/t21-,22+,23-,27+/m0/s1. The Labute approximate surface area is 251 Å². The van der Waals surface area contributed by atoms with Gasteiger partial charge in [-0.15, -0.1) is 0 Å². The monoisotopic (exact) mass is 605 g/mol. The van der Waals surface area contributed by atoms with Gasteiger partial charge in [0.15, 0.2) is 23.8 Å². The number of nitrogen functional groups attached to an aromatic ring is 1.